The second-order valence-corrected chi connectivity index (χ2v) is 5.18. The van der Waals surface area contributed by atoms with Gasteiger partial charge in [0.25, 0.3) is 0 Å². The molecule has 114 valence electrons. The lowest BCUT2D eigenvalue weighted by molar-refractivity contribution is -0.144. The molecule has 0 amide bonds. The van der Waals surface area contributed by atoms with Crippen LogP contribution in [-0.2, 0) is 6.18 Å². The van der Waals surface area contributed by atoms with Crippen molar-refractivity contribution in [1.82, 2.24) is 15.0 Å². The Morgan fingerprint density at radius 1 is 1.33 bits per heavy atom. The SMILES string of the molecule is CC(CNc1cc(NN)nc(C(F)(F)F)n1)c1nccs1. The van der Waals surface area contributed by atoms with Gasteiger partial charge in [-0.25, -0.2) is 20.8 Å². The van der Waals surface area contributed by atoms with E-state index in [0.29, 0.717) is 6.54 Å². The minimum Gasteiger partial charge on any atom is -0.369 e. The van der Waals surface area contributed by atoms with Crippen molar-refractivity contribution in [3.63, 3.8) is 0 Å². The van der Waals surface area contributed by atoms with Gasteiger partial charge < -0.3 is 10.7 Å². The fourth-order valence-electron chi connectivity index (χ4n) is 1.56. The molecule has 2 aromatic heterocycles. The Bertz CT molecular complexity index is 586. The van der Waals surface area contributed by atoms with Crippen molar-refractivity contribution in [2.45, 2.75) is 19.0 Å². The summed E-state index contributed by atoms with van der Waals surface area (Å²) < 4.78 is 38.0. The van der Waals surface area contributed by atoms with E-state index in [9.17, 15) is 13.2 Å². The topological polar surface area (TPSA) is 88.8 Å². The highest BCUT2D eigenvalue weighted by atomic mass is 32.1. The molecule has 0 saturated carbocycles. The van der Waals surface area contributed by atoms with Gasteiger partial charge in [0.1, 0.15) is 11.6 Å². The van der Waals surface area contributed by atoms with E-state index in [1.807, 2.05) is 12.3 Å². The molecule has 10 heteroatoms. The largest absolute Gasteiger partial charge is 0.451 e. The highest BCUT2D eigenvalue weighted by Crippen LogP contribution is 2.28. The molecule has 1 atom stereocenters. The monoisotopic (exact) mass is 318 g/mol. The van der Waals surface area contributed by atoms with Crippen molar-refractivity contribution in [2.24, 2.45) is 5.84 Å². The fraction of sp³-hybridized carbons (Fsp3) is 0.364. The van der Waals surface area contributed by atoms with E-state index in [1.54, 1.807) is 6.20 Å². The van der Waals surface area contributed by atoms with E-state index < -0.39 is 12.0 Å². The molecule has 0 fully saturated rings. The first-order valence-corrected chi connectivity index (χ1v) is 6.84. The van der Waals surface area contributed by atoms with Gasteiger partial charge in [0, 0.05) is 30.1 Å². The van der Waals surface area contributed by atoms with Crippen LogP contribution in [-0.4, -0.2) is 21.5 Å². The van der Waals surface area contributed by atoms with Crippen molar-refractivity contribution in [1.29, 1.82) is 0 Å². The molecule has 0 aliphatic heterocycles. The smallest absolute Gasteiger partial charge is 0.369 e. The molecule has 0 aromatic carbocycles. The predicted octanol–water partition coefficient (Wildman–Crippen LogP) is 2.45. The number of hydrazine groups is 1. The summed E-state index contributed by atoms with van der Waals surface area (Å²) in [6, 6.07) is 1.31. The number of alkyl halides is 3. The number of halogens is 3. The van der Waals surface area contributed by atoms with Crippen LogP contribution in [0.2, 0.25) is 0 Å². The predicted molar refractivity (Wildman–Crippen MR) is 73.9 cm³/mol. The Balaban J connectivity index is 2.12. The lowest BCUT2D eigenvalue weighted by atomic mass is 10.2. The number of hydrogen-bond acceptors (Lipinski definition) is 7. The number of thiazole rings is 1. The van der Waals surface area contributed by atoms with Gasteiger partial charge in [-0.2, -0.15) is 13.2 Å². The van der Waals surface area contributed by atoms with Crippen molar-refractivity contribution >= 4 is 23.0 Å². The average molecular weight is 318 g/mol. The number of rotatable bonds is 5. The first-order chi connectivity index (χ1) is 9.90. The van der Waals surface area contributed by atoms with Crippen LogP contribution in [0.25, 0.3) is 0 Å². The van der Waals surface area contributed by atoms with Crippen molar-refractivity contribution in [2.75, 3.05) is 17.3 Å². The minimum atomic E-state index is -4.63. The summed E-state index contributed by atoms with van der Waals surface area (Å²) >= 11 is 1.49. The van der Waals surface area contributed by atoms with Crippen molar-refractivity contribution < 1.29 is 13.2 Å². The van der Waals surface area contributed by atoms with Crippen LogP contribution in [0.4, 0.5) is 24.8 Å². The first-order valence-electron chi connectivity index (χ1n) is 5.96. The molecule has 2 rings (SSSR count). The zero-order valence-electron chi connectivity index (χ0n) is 11.0. The van der Waals surface area contributed by atoms with Crippen LogP contribution in [0, 0.1) is 0 Å². The second-order valence-electron chi connectivity index (χ2n) is 4.26. The van der Waals surface area contributed by atoms with E-state index in [-0.39, 0.29) is 17.6 Å². The summed E-state index contributed by atoms with van der Waals surface area (Å²) in [6.45, 7) is 2.31. The highest BCUT2D eigenvalue weighted by molar-refractivity contribution is 7.09. The molecule has 4 N–H and O–H groups in total. The number of nitrogen functional groups attached to an aromatic ring is 1. The molecule has 6 nitrogen and oxygen atoms in total. The van der Waals surface area contributed by atoms with Gasteiger partial charge >= 0.3 is 6.18 Å². The third-order valence-corrected chi connectivity index (χ3v) is 3.60. The Kier molecular flexibility index (Phi) is 4.58. The van der Waals surface area contributed by atoms with Gasteiger partial charge in [0.2, 0.25) is 5.82 Å². The average Bonchev–Trinajstić information content (AvgIpc) is 2.97. The standard InChI is InChI=1S/C11H13F3N6S/c1-6(9-16-2-3-21-9)5-17-7-4-8(20-15)19-10(18-7)11(12,13)14/h2-4,6H,5,15H2,1H3,(H2,17,18,19,20). The quantitative estimate of drug-likeness (QED) is 0.580. The summed E-state index contributed by atoms with van der Waals surface area (Å²) in [5, 5.41) is 5.58. The third-order valence-electron chi connectivity index (χ3n) is 2.59. The fourth-order valence-corrected chi connectivity index (χ4v) is 2.26. The van der Waals surface area contributed by atoms with E-state index in [4.69, 9.17) is 5.84 Å². The molecule has 0 spiro atoms. The zero-order valence-corrected chi connectivity index (χ0v) is 11.8. The maximum atomic E-state index is 12.7. The molecular weight excluding hydrogens is 305 g/mol. The number of nitrogens with zero attached hydrogens (tertiary/aromatic N) is 3. The lowest BCUT2D eigenvalue weighted by Crippen LogP contribution is -2.18. The Morgan fingerprint density at radius 2 is 2.05 bits per heavy atom. The number of aromatic nitrogens is 3. The third kappa shape index (κ3) is 4.02. The van der Waals surface area contributed by atoms with Crippen LogP contribution in [0.3, 0.4) is 0 Å². The highest BCUT2D eigenvalue weighted by Gasteiger charge is 2.35. The van der Waals surface area contributed by atoms with E-state index in [0.717, 1.165) is 5.01 Å². The zero-order chi connectivity index (χ0) is 15.5. The first kappa shape index (κ1) is 15.4. The molecular formula is C11H13F3N6S. The van der Waals surface area contributed by atoms with Crippen molar-refractivity contribution in [3.05, 3.63) is 28.5 Å². The van der Waals surface area contributed by atoms with Gasteiger partial charge in [-0.15, -0.1) is 11.3 Å². The van der Waals surface area contributed by atoms with Crippen LogP contribution < -0.4 is 16.6 Å². The Morgan fingerprint density at radius 3 is 2.62 bits per heavy atom. The normalized spacial score (nSPS) is 13.0. The molecule has 0 bridgehead atoms. The Labute approximate surface area is 122 Å². The lowest BCUT2D eigenvalue weighted by Gasteiger charge is -2.13. The summed E-state index contributed by atoms with van der Waals surface area (Å²) in [5.41, 5.74) is 2.09. The van der Waals surface area contributed by atoms with Gasteiger partial charge in [-0.05, 0) is 0 Å². The van der Waals surface area contributed by atoms with E-state index in [1.165, 1.54) is 17.4 Å². The van der Waals surface area contributed by atoms with Gasteiger partial charge in [-0.1, -0.05) is 6.92 Å². The molecule has 0 radical (unpaired) electrons. The van der Waals surface area contributed by atoms with E-state index in [2.05, 4.69) is 25.7 Å². The molecule has 0 saturated heterocycles. The number of hydrogen-bond donors (Lipinski definition) is 3. The summed E-state index contributed by atoms with van der Waals surface area (Å²) in [4.78, 5) is 10.9. The van der Waals surface area contributed by atoms with Gasteiger partial charge in [-0.3, -0.25) is 0 Å². The minimum absolute atomic E-state index is 0.0450. The van der Waals surface area contributed by atoms with Crippen LogP contribution in [0.5, 0.6) is 0 Å². The summed E-state index contributed by atoms with van der Waals surface area (Å²) in [5.74, 6) is 3.86. The number of nitrogens with two attached hydrogens (primary N) is 1. The van der Waals surface area contributed by atoms with E-state index >= 15 is 0 Å². The summed E-state index contributed by atoms with van der Waals surface area (Å²) in [7, 11) is 0. The number of nitrogens with one attached hydrogen (secondary N) is 2. The van der Waals surface area contributed by atoms with Crippen LogP contribution in [0.1, 0.15) is 23.7 Å². The maximum absolute atomic E-state index is 12.7. The number of anilines is 2. The second kappa shape index (κ2) is 6.22. The molecule has 1 unspecified atom stereocenters. The van der Waals surface area contributed by atoms with Crippen LogP contribution in [0.15, 0.2) is 17.6 Å². The Hall–Kier alpha value is -1.94. The molecule has 21 heavy (non-hydrogen) atoms. The van der Waals surface area contributed by atoms with Gasteiger partial charge in [0.15, 0.2) is 0 Å². The van der Waals surface area contributed by atoms with Gasteiger partial charge in [0.05, 0.1) is 5.01 Å². The maximum Gasteiger partial charge on any atom is 0.451 e. The van der Waals surface area contributed by atoms with Crippen LogP contribution >= 0.6 is 11.3 Å². The molecule has 2 heterocycles. The molecule has 0 aliphatic rings. The summed E-state index contributed by atoms with van der Waals surface area (Å²) in [6.07, 6.45) is -2.95. The van der Waals surface area contributed by atoms with Crippen molar-refractivity contribution in [3.8, 4) is 0 Å². The molecule has 2 aromatic rings. The molecule has 0 aliphatic carbocycles.